The summed E-state index contributed by atoms with van der Waals surface area (Å²) in [6, 6.07) is 0. The van der Waals surface area contributed by atoms with Gasteiger partial charge >= 0.3 is 0 Å². The third kappa shape index (κ3) is 6.27. The van der Waals surface area contributed by atoms with Crippen LogP contribution >= 0.6 is 0 Å². The molecule has 1 saturated carbocycles. The van der Waals surface area contributed by atoms with Crippen LogP contribution in [-0.2, 0) is 4.74 Å². The van der Waals surface area contributed by atoms with E-state index in [0.29, 0.717) is 18.1 Å². The van der Waals surface area contributed by atoms with Gasteiger partial charge in [-0.25, -0.2) is 0 Å². The van der Waals surface area contributed by atoms with Crippen molar-refractivity contribution in [2.24, 2.45) is 17.8 Å². The second-order valence-electron chi connectivity index (χ2n) is 7.94. The van der Waals surface area contributed by atoms with Crippen molar-refractivity contribution in [2.45, 2.75) is 85.5 Å². The molecule has 0 amide bonds. The minimum Gasteiger partial charge on any atom is -0.373 e. The monoisotopic (exact) mass is 269 g/mol. The third-order valence-corrected chi connectivity index (χ3v) is 4.49. The Morgan fingerprint density at radius 1 is 1.11 bits per heavy atom. The van der Waals surface area contributed by atoms with Gasteiger partial charge in [0.05, 0.1) is 12.2 Å². The highest BCUT2D eigenvalue weighted by Gasteiger charge is 2.28. The maximum absolute atomic E-state index is 6.40. The highest BCUT2D eigenvalue weighted by molar-refractivity contribution is 4.80. The van der Waals surface area contributed by atoms with E-state index >= 15 is 0 Å². The largest absolute Gasteiger partial charge is 0.373 e. The van der Waals surface area contributed by atoms with Gasteiger partial charge in [0.2, 0.25) is 0 Å². The van der Waals surface area contributed by atoms with E-state index in [1.54, 1.807) is 0 Å². The fraction of sp³-hybridized carbons (Fsp3) is 1.00. The van der Waals surface area contributed by atoms with Gasteiger partial charge in [0.1, 0.15) is 0 Å². The molecule has 0 aromatic carbocycles. The Morgan fingerprint density at radius 2 is 1.74 bits per heavy atom. The van der Waals surface area contributed by atoms with Crippen LogP contribution in [0.2, 0.25) is 0 Å². The van der Waals surface area contributed by atoms with Crippen molar-refractivity contribution in [2.75, 3.05) is 6.54 Å². The zero-order valence-corrected chi connectivity index (χ0v) is 14.1. The molecular formula is C17H35NO. The van der Waals surface area contributed by atoms with Gasteiger partial charge in [-0.05, 0) is 57.8 Å². The zero-order chi connectivity index (χ0) is 14.6. The number of ether oxygens (including phenoxy) is 1. The number of hydrogen-bond donors (Lipinski definition) is 1. The number of rotatable bonds is 5. The van der Waals surface area contributed by atoms with Crippen LogP contribution < -0.4 is 5.32 Å². The van der Waals surface area contributed by atoms with E-state index < -0.39 is 0 Å². The molecule has 0 bridgehead atoms. The van der Waals surface area contributed by atoms with Crippen LogP contribution in [-0.4, -0.2) is 24.3 Å². The Balaban J connectivity index is 2.45. The topological polar surface area (TPSA) is 21.3 Å². The first-order valence-corrected chi connectivity index (χ1v) is 8.09. The Bertz CT molecular complexity index is 256. The number of hydrogen-bond acceptors (Lipinski definition) is 2. The van der Waals surface area contributed by atoms with Crippen LogP contribution in [0.4, 0.5) is 0 Å². The lowest BCUT2D eigenvalue weighted by Gasteiger charge is -2.36. The van der Waals surface area contributed by atoms with Crippen molar-refractivity contribution in [3.8, 4) is 0 Å². The molecule has 0 aromatic rings. The van der Waals surface area contributed by atoms with Gasteiger partial charge in [0.25, 0.3) is 0 Å². The molecule has 1 fully saturated rings. The fourth-order valence-corrected chi connectivity index (χ4v) is 2.72. The second-order valence-corrected chi connectivity index (χ2v) is 7.94. The van der Waals surface area contributed by atoms with Crippen molar-refractivity contribution in [1.29, 1.82) is 0 Å². The van der Waals surface area contributed by atoms with Crippen molar-refractivity contribution in [3.63, 3.8) is 0 Å². The molecule has 19 heavy (non-hydrogen) atoms. The number of nitrogens with one attached hydrogen (secondary N) is 1. The summed E-state index contributed by atoms with van der Waals surface area (Å²) in [5.41, 5.74) is 0.171. The lowest BCUT2D eigenvalue weighted by atomic mass is 9.80. The summed E-state index contributed by atoms with van der Waals surface area (Å²) in [6.45, 7) is 16.9. The summed E-state index contributed by atoms with van der Waals surface area (Å²) < 4.78 is 6.40. The standard InChI is InChI=1S/C17H35NO/c1-12(2)16(11-18-17(5,6)7)19-15-9-8-13(3)14(4)10-15/h12-16,18H,8-11H2,1-7H3. The highest BCUT2D eigenvalue weighted by atomic mass is 16.5. The van der Waals surface area contributed by atoms with Crippen molar-refractivity contribution >= 4 is 0 Å². The third-order valence-electron chi connectivity index (χ3n) is 4.49. The summed E-state index contributed by atoms with van der Waals surface area (Å²) in [5, 5.41) is 3.59. The minimum absolute atomic E-state index is 0.171. The lowest BCUT2D eigenvalue weighted by Crippen LogP contribution is -2.45. The van der Waals surface area contributed by atoms with Crippen LogP contribution in [0.3, 0.4) is 0 Å². The molecule has 0 aliphatic heterocycles. The maximum Gasteiger partial charge on any atom is 0.0726 e. The SMILES string of the molecule is CC(C)C(CNC(C)(C)C)OC1CCC(C)C(C)C1. The fourth-order valence-electron chi connectivity index (χ4n) is 2.72. The van der Waals surface area contributed by atoms with E-state index in [0.717, 1.165) is 18.4 Å². The molecule has 4 atom stereocenters. The first kappa shape index (κ1) is 17.0. The smallest absolute Gasteiger partial charge is 0.0726 e. The Kier molecular flexibility index (Phi) is 6.32. The van der Waals surface area contributed by atoms with Gasteiger partial charge in [0, 0.05) is 12.1 Å². The quantitative estimate of drug-likeness (QED) is 0.806. The average molecular weight is 269 g/mol. The van der Waals surface area contributed by atoms with Crippen LogP contribution in [0, 0.1) is 17.8 Å². The summed E-state index contributed by atoms with van der Waals surface area (Å²) in [4.78, 5) is 0. The first-order valence-electron chi connectivity index (χ1n) is 8.09. The molecular weight excluding hydrogens is 234 g/mol. The molecule has 0 radical (unpaired) electrons. The zero-order valence-electron chi connectivity index (χ0n) is 14.1. The molecule has 1 aliphatic rings. The van der Waals surface area contributed by atoms with Gasteiger partial charge in [-0.1, -0.05) is 27.7 Å². The lowest BCUT2D eigenvalue weighted by molar-refractivity contribution is -0.0658. The normalized spacial score (nSPS) is 30.6. The summed E-state index contributed by atoms with van der Waals surface area (Å²) in [5.74, 6) is 2.25. The van der Waals surface area contributed by atoms with Crippen molar-refractivity contribution in [1.82, 2.24) is 5.32 Å². The van der Waals surface area contributed by atoms with E-state index in [1.165, 1.54) is 19.3 Å². The molecule has 0 aromatic heterocycles. The van der Waals surface area contributed by atoms with Gasteiger partial charge < -0.3 is 10.1 Å². The molecule has 2 nitrogen and oxygen atoms in total. The molecule has 0 saturated heterocycles. The molecule has 1 aliphatic carbocycles. The van der Waals surface area contributed by atoms with Gasteiger partial charge in [-0.3, -0.25) is 0 Å². The second kappa shape index (κ2) is 7.08. The molecule has 0 heterocycles. The van der Waals surface area contributed by atoms with E-state index in [2.05, 4.69) is 53.8 Å². The van der Waals surface area contributed by atoms with Gasteiger partial charge in [-0.15, -0.1) is 0 Å². The van der Waals surface area contributed by atoms with Crippen LogP contribution in [0.15, 0.2) is 0 Å². The summed E-state index contributed by atoms with van der Waals surface area (Å²) in [6.07, 6.45) is 4.61. The molecule has 1 N–H and O–H groups in total. The molecule has 4 unspecified atom stereocenters. The van der Waals surface area contributed by atoms with E-state index in [9.17, 15) is 0 Å². The molecule has 2 heteroatoms. The van der Waals surface area contributed by atoms with E-state index in [-0.39, 0.29) is 5.54 Å². The van der Waals surface area contributed by atoms with E-state index in [1.807, 2.05) is 0 Å². The Hall–Kier alpha value is -0.0800. The summed E-state index contributed by atoms with van der Waals surface area (Å²) >= 11 is 0. The average Bonchev–Trinajstić information content (AvgIpc) is 2.27. The minimum atomic E-state index is 0.171. The maximum atomic E-state index is 6.40. The first-order chi connectivity index (χ1) is 8.69. The highest BCUT2D eigenvalue weighted by Crippen LogP contribution is 2.32. The Labute approximate surface area is 120 Å². The van der Waals surface area contributed by atoms with Gasteiger partial charge in [0.15, 0.2) is 0 Å². The predicted octanol–water partition coefficient (Wildman–Crippen LogP) is 4.24. The Morgan fingerprint density at radius 3 is 2.21 bits per heavy atom. The van der Waals surface area contributed by atoms with Crippen LogP contribution in [0.25, 0.3) is 0 Å². The summed E-state index contributed by atoms with van der Waals surface area (Å²) in [7, 11) is 0. The van der Waals surface area contributed by atoms with Crippen LogP contribution in [0.1, 0.15) is 67.7 Å². The molecule has 0 spiro atoms. The van der Waals surface area contributed by atoms with Crippen molar-refractivity contribution < 1.29 is 4.74 Å². The predicted molar refractivity (Wildman–Crippen MR) is 83.4 cm³/mol. The van der Waals surface area contributed by atoms with Crippen LogP contribution in [0.5, 0.6) is 0 Å². The van der Waals surface area contributed by atoms with E-state index in [4.69, 9.17) is 4.74 Å². The molecule has 1 rings (SSSR count). The molecule has 114 valence electrons. The van der Waals surface area contributed by atoms with Gasteiger partial charge in [-0.2, -0.15) is 0 Å². The van der Waals surface area contributed by atoms with Crippen molar-refractivity contribution in [3.05, 3.63) is 0 Å².